The van der Waals surface area contributed by atoms with Gasteiger partial charge in [0.05, 0.1) is 10.5 Å². The van der Waals surface area contributed by atoms with Crippen LogP contribution < -0.4 is 5.32 Å². The van der Waals surface area contributed by atoms with E-state index in [0.717, 1.165) is 10.5 Å². The van der Waals surface area contributed by atoms with Crippen LogP contribution in [-0.2, 0) is 0 Å². The molecule has 2 aromatic rings. The van der Waals surface area contributed by atoms with Gasteiger partial charge >= 0.3 is 0 Å². The van der Waals surface area contributed by atoms with Crippen molar-refractivity contribution in [1.29, 1.82) is 0 Å². The predicted octanol–water partition coefficient (Wildman–Crippen LogP) is 5.24. The van der Waals surface area contributed by atoms with Gasteiger partial charge in [0.1, 0.15) is 5.82 Å². The summed E-state index contributed by atoms with van der Waals surface area (Å²) in [6.07, 6.45) is 1.99. The first-order chi connectivity index (χ1) is 9.15. The van der Waals surface area contributed by atoms with E-state index in [4.69, 9.17) is 11.6 Å². The number of hydrogen-bond acceptors (Lipinski definition) is 2. The minimum atomic E-state index is -0.372. The molecule has 0 spiro atoms. The van der Waals surface area contributed by atoms with Gasteiger partial charge in [-0.05, 0) is 36.1 Å². The Morgan fingerprint density at radius 3 is 2.47 bits per heavy atom. The van der Waals surface area contributed by atoms with Gasteiger partial charge in [-0.2, -0.15) is 0 Å². The summed E-state index contributed by atoms with van der Waals surface area (Å²) in [5.41, 5.74) is 3.03. The van der Waals surface area contributed by atoms with Crippen LogP contribution in [0.5, 0.6) is 0 Å². The van der Waals surface area contributed by atoms with Gasteiger partial charge in [0, 0.05) is 16.1 Å². The van der Waals surface area contributed by atoms with Crippen LogP contribution in [0, 0.1) is 5.82 Å². The van der Waals surface area contributed by atoms with Crippen LogP contribution in [0.15, 0.2) is 41.3 Å². The van der Waals surface area contributed by atoms with E-state index in [0.29, 0.717) is 16.3 Å². The predicted molar refractivity (Wildman–Crippen MR) is 85.9 cm³/mol. The molecular weight excluding hydrogens is 301 g/mol. The smallest absolute Gasteiger partial charge is 0.134 e. The van der Waals surface area contributed by atoms with Crippen molar-refractivity contribution in [3.63, 3.8) is 0 Å². The highest BCUT2D eigenvalue weighted by atomic mass is 35.5. The summed E-state index contributed by atoms with van der Waals surface area (Å²) in [5.74, 6) is -0.372. The number of benzene rings is 2. The molecule has 2 rings (SSSR count). The van der Waals surface area contributed by atoms with E-state index in [1.54, 1.807) is 17.8 Å². The van der Waals surface area contributed by atoms with Crippen molar-refractivity contribution < 1.29 is 4.39 Å². The number of hydrogen-bond donors (Lipinski definition) is 1. The van der Waals surface area contributed by atoms with Crippen LogP contribution >= 0.6 is 35.6 Å². The Hall–Kier alpha value is -1.10. The van der Waals surface area contributed by atoms with Gasteiger partial charge in [0.25, 0.3) is 0 Å². The molecule has 0 fully saturated rings. The molecule has 0 unspecified atom stereocenters. The number of halogens is 2. The Kier molecular flexibility index (Phi) is 4.80. The molecule has 0 bridgehead atoms. The highest BCUT2D eigenvalue weighted by Crippen LogP contribution is 2.34. The van der Waals surface area contributed by atoms with Crippen LogP contribution in [0.1, 0.15) is 0 Å². The molecule has 5 heteroatoms. The van der Waals surface area contributed by atoms with Gasteiger partial charge in [0.2, 0.25) is 0 Å². The standard InChI is InChI=1S/C14H11ClFNS2/c1-19-11-4-2-9(3-5-11)14-12(15)6-10(17-8-18)7-13(14)16/h2-8H,1H3,(H,17,18). The van der Waals surface area contributed by atoms with E-state index in [9.17, 15) is 4.39 Å². The average Bonchev–Trinajstić information content (AvgIpc) is 2.39. The molecule has 0 aliphatic rings. The molecule has 0 saturated heterocycles. The summed E-state index contributed by atoms with van der Waals surface area (Å²) < 4.78 is 14.1. The molecule has 1 nitrogen and oxygen atoms in total. The van der Waals surface area contributed by atoms with Crippen molar-refractivity contribution in [1.82, 2.24) is 0 Å². The summed E-state index contributed by atoms with van der Waals surface area (Å²) in [6.45, 7) is 0. The molecule has 0 radical (unpaired) electrons. The summed E-state index contributed by atoms with van der Waals surface area (Å²) in [7, 11) is 0. The van der Waals surface area contributed by atoms with Crippen molar-refractivity contribution in [2.24, 2.45) is 0 Å². The second-order valence-electron chi connectivity index (χ2n) is 3.81. The van der Waals surface area contributed by atoms with Gasteiger partial charge in [-0.1, -0.05) is 36.0 Å². The third-order valence-corrected chi connectivity index (χ3v) is 3.81. The normalized spacial score (nSPS) is 10.3. The maximum Gasteiger partial charge on any atom is 0.134 e. The SMILES string of the molecule is CSc1ccc(-c2c(F)cc(NC=S)cc2Cl)cc1. The second-order valence-corrected chi connectivity index (χ2v) is 5.33. The van der Waals surface area contributed by atoms with Crippen LogP contribution in [0.2, 0.25) is 5.02 Å². The molecular formula is C14H11ClFNS2. The number of thiocarbonyl (C=S) groups is 1. The van der Waals surface area contributed by atoms with Gasteiger partial charge in [-0.15, -0.1) is 11.8 Å². The van der Waals surface area contributed by atoms with Crippen LogP contribution in [0.3, 0.4) is 0 Å². The van der Waals surface area contributed by atoms with Gasteiger partial charge < -0.3 is 5.32 Å². The van der Waals surface area contributed by atoms with Gasteiger partial charge in [-0.25, -0.2) is 4.39 Å². The zero-order valence-corrected chi connectivity index (χ0v) is 12.5. The summed E-state index contributed by atoms with van der Waals surface area (Å²) in [4.78, 5) is 1.12. The van der Waals surface area contributed by atoms with E-state index < -0.39 is 0 Å². The van der Waals surface area contributed by atoms with Crippen LogP contribution in [0.25, 0.3) is 11.1 Å². The Bertz CT molecular complexity index is 576. The summed E-state index contributed by atoms with van der Waals surface area (Å²) in [6, 6.07) is 10.7. The van der Waals surface area contributed by atoms with Gasteiger partial charge in [-0.3, -0.25) is 0 Å². The van der Waals surface area contributed by atoms with E-state index in [2.05, 4.69) is 17.5 Å². The first-order valence-electron chi connectivity index (χ1n) is 5.49. The first kappa shape index (κ1) is 14.3. The van der Waals surface area contributed by atoms with Crippen molar-refractivity contribution in [2.45, 2.75) is 4.90 Å². The van der Waals surface area contributed by atoms with E-state index in [-0.39, 0.29) is 5.82 Å². The first-order valence-corrected chi connectivity index (χ1v) is 7.56. The lowest BCUT2D eigenvalue weighted by Crippen LogP contribution is -1.95. The third-order valence-electron chi connectivity index (χ3n) is 2.65. The molecule has 0 aliphatic carbocycles. The minimum absolute atomic E-state index is 0.358. The number of nitrogens with one attached hydrogen (secondary N) is 1. The topological polar surface area (TPSA) is 12.0 Å². The molecule has 2 aromatic carbocycles. The average molecular weight is 312 g/mol. The van der Waals surface area contributed by atoms with E-state index in [1.807, 2.05) is 30.5 Å². The molecule has 0 heterocycles. The number of thioether (sulfide) groups is 1. The molecule has 19 heavy (non-hydrogen) atoms. The Morgan fingerprint density at radius 2 is 1.95 bits per heavy atom. The van der Waals surface area contributed by atoms with Crippen molar-refractivity contribution >= 4 is 46.8 Å². The number of rotatable bonds is 4. The largest absolute Gasteiger partial charge is 0.353 e. The summed E-state index contributed by atoms with van der Waals surface area (Å²) in [5, 5.41) is 3.11. The highest BCUT2D eigenvalue weighted by molar-refractivity contribution is 7.98. The Morgan fingerprint density at radius 1 is 1.26 bits per heavy atom. The molecule has 98 valence electrons. The van der Waals surface area contributed by atoms with Crippen LogP contribution in [0.4, 0.5) is 10.1 Å². The van der Waals surface area contributed by atoms with Crippen molar-refractivity contribution in [3.05, 3.63) is 47.2 Å². The van der Waals surface area contributed by atoms with Crippen molar-refractivity contribution in [3.8, 4) is 11.1 Å². The zero-order chi connectivity index (χ0) is 13.8. The maximum absolute atomic E-state index is 14.1. The highest BCUT2D eigenvalue weighted by Gasteiger charge is 2.11. The molecule has 0 aliphatic heterocycles. The molecule has 1 N–H and O–H groups in total. The van der Waals surface area contributed by atoms with Crippen LogP contribution in [-0.4, -0.2) is 11.7 Å². The number of anilines is 1. The fourth-order valence-corrected chi connectivity index (χ4v) is 2.62. The Labute approximate surface area is 126 Å². The second kappa shape index (κ2) is 6.37. The lowest BCUT2D eigenvalue weighted by Gasteiger charge is -2.09. The van der Waals surface area contributed by atoms with E-state index >= 15 is 0 Å². The Balaban J connectivity index is 2.46. The fraction of sp³-hybridized carbons (Fsp3) is 0.0714. The quantitative estimate of drug-likeness (QED) is 0.613. The third kappa shape index (κ3) is 3.26. The maximum atomic E-state index is 14.1. The lowest BCUT2D eigenvalue weighted by molar-refractivity contribution is 0.632. The zero-order valence-electron chi connectivity index (χ0n) is 10.1. The van der Waals surface area contributed by atoms with Crippen molar-refractivity contribution in [2.75, 3.05) is 11.6 Å². The molecule has 0 atom stereocenters. The minimum Gasteiger partial charge on any atom is -0.353 e. The molecule has 0 aromatic heterocycles. The lowest BCUT2D eigenvalue weighted by atomic mass is 10.0. The molecule has 0 amide bonds. The fourth-order valence-electron chi connectivity index (χ4n) is 1.76. The van der Waals surface area contributed by atoms with Gasteiger partial charge in [0.15, 0.2) is 0 Å². The van der Waals surface area contributed by atoms with E-state index in [1.165, 1.54) is 11.6 Å². The monoisotopic (exact) mass is 311 g/mol. The molecule has 0 saturated carbocycles. The summed E-state index contributed by atoms with van der Waals surface area (Å²) >= 11 is 12.5.